The van der Waals surface area contributed by atoms with Crippen LogP contribution in [0.4, 0.5) is 0 Å². The summed E-state index contributed by atoms with van der Waals surface area (Å²) in [5.74, 6) is 0.626. The summed E-state index contributed by atoms with van der Waals surface area (Å²) in [6, 6.07) is 11.2. The molecule has 1 amide bonds. The molecule has 0 saturated carbocycles. The van der Waals surface area contributed by atoms with Gasteiger partial charge in [0.2, 0.25) is 0 Å². The monoisotopic (exact) mass is 482 g/mol. The molecule has 8 heteroatoms. The molecule has 3 heterocycles. The molecule has 2 aromatic heterocycles. The number of likely N-dealkylation sites (tertiary alicyclic amines) is 1. The average Bonchev–Trinajstić information content (AvgIpc) is 3.46. The number of hydrogen-bond acceptors (Lipinski definition) is 4. The molecular weight excluding hydrogens is 463 g/mol. The maximum atomic E-state index is 13.7. The number of para-hydroxylation sites is 1. The van der Waals surface area contributed by atoms with Crippen molar-refractivity contribution in [2.24, 2.45) is 0 Å². The average molecular weight is 483 g/mol. The van der Waals surface area contributed by atoms with Gasteiger partial charge in [-0.2, -0.15) is 0 Å². The molecule has 0 radical (unpaired) electrons. The van der Waals surface area contributed by atoms with Crippen molar-refractivity contribution < 1.29 is 4.79 Å². The number of aromatic nitrogens is 3. The van der Waals surface area contributed by atoms with Gasteiger partial charge in [-0.25, -0.2) is 9.97 Å². The molecule has 5 rings (SSSR count). The quantitative estimate of drug-likeness (QED) is 0.328. The second-order valence-electron chi connectivity index (χ2n) is 8.04. The van der Waals surface area contributed by atoms with Crippen molar-refractivity contribution in [3.8, 4) is 10.4 Å². The predicted molar refractivity (Wildman–Crippen MR) is 131 cm³/mol. The van der Waals surface area contributed by atoms with Crippen LogP contribution in [-0.4, -0.2) is 32.3 Å². The van der Waals surface area contributed by atoms with Crippen LogP contribution < -0.4 is 0 Å². The number of rotatable bonds is 3. The Kier molecular flexibility index (Phi) is 5.32. The second kappa shape index (κ2) is 8.03. The lowest BCUT2D eigenvalue weighted by Gasteiger charge is -2.22. The number of aryl methyl sites for hydroxylation is 2. The van der Waals surface area contributed by atoms with E-state index in [9.17, 15) is 4.79 Å². The number of thiazole rings is 1. The highest BCUT2D eigenvalue weighted by Crippen LogP contribution is 2.39. The van der Waals surface area contributed by atoms with Crippen molar-refractivity contribution in [2.45, 2.75) is 26.3 Å². The SMILES string of the molecule is C=C1C[C@@H](c2nc3c(C)cccc3[nH]2)N(C(=O)c2nc(C)sc2-c2ccc(Cl)c(Cl)c2)C1. The molecule has 1 atom stereocenters. The molecule has 0 bridgehead atoms. The minimum atomic E-state index is -0.217. The van der Waals surface area contributed by atoms with E-state index in [1.54, 1.807) is 12.1 Å². The third-order valence-electron chi connectivity index (χ3n) is 5.68. The topological polar surface area (TPSA) is 61.9 Å². The first-order chi connectivity index (χ1) is 15.3. The highest BCUT2D eigenvalue weighted by atomic mass is 35.5. The van der Waals surface area contributed by atoms with Crippen LogP contribution in [0, 0.1) is 13.8 Å². The lowest BCUT2D eigenvalue weighted by Crippen LogP contribution is -2.31. The minimum Gasteiger partial charge on any atom is -0.340 e. The van der Waals surface area contributed by atoms with Crippen molar-refractivity contribution in [2.75, 3.05) is 6.54 Å². The third kappa shape index (κ3) is 3.62. The van der Waals surface area contributed by atoms with Crippen LogP contribution in [0.15, 0.2) is 48.6 Å². The largest absolute Gasteiger partial charge is 0.340 e. The van der Waals surface area contributed by atoms with E-state index >= 15 is 0 Å². The number of carbonyl (C=O) groups excluding carboxylic acids is 1. The van der Waals surface area contributed by atoms with E-state index in [1.165, 1.54) is 11.3 Å². The Morgan fingerprint density at radius 1 is 1.19 bits per heavy atom. The first-order valence-corrected chi connectivity index (χ1v) is 11.7. The first kappa shape index (κ1) is 21.2. The summed E-state index contributed by atoms with van der Waals surface area (Å²) in [5.41, 5.74) is 5.21. The normalized spacial score (nSPS) is 16.3. The summed E-state index contributed by atoms with van der Waals surface area (Å²) in [7, 11) is 0. The molecule has 4 aromatic rings. The van der Waals surface area contributed by atoms with Gasteiger partial charge in [-0.3, -0.25) is 4.79 Å². The summed E-state index contributed by atoms with van der Waals surface area (Å²) in [4.78, 5) is 29.1. The highest BCUT2D eigenvalue weighted by molar-refractivity contribution is 7.15. The molecule has 162 valence electrons. The number of fused-ring (bicyclic) bond motifs is 1. The van der Waals surface area contributed by atoms with Crippen molar-refractivity contribution in [3.05, 3.63) is 80.7 Å². The number of aromatic amines is 1. The van der Waals surface area contributed by atoms with E-state index in [4.69, 9.17) is 28.2 Å². The van der Waals surface area contributed by atoms with Crippen LogP contribution in [0.1, 0.15) is 39.3 Å². The predicted octanol–water partition coefficient (Wildman–Crippen LogP) is 6.75. The standard InChI is InChI=1S/C24H20Cl2N4OS/c1-12-9-19(23-28-18-6-4-5-13(2)20(18)29-23)30(11-12)24(31)21-22(32-14(3)27-21)15-7-8-16(25)17(26)10-15/h4-8,10,19H,1,9,11H2,2-3H3,(H,28,29)/t19-/m0/s1. The molecule has 0 unspecified atom stereocenters. The maximum absolute atomic E-state index is 13.7. The van der Waals surface area contributed by atoms with Gasteiger partial charge in [0.15, 0.2) is 0 Å². The van der Waals surface area contributed by atoms with Gasteiger partial charge in [0.1, 0.15) is 11.5 Å². The van der Waals surface area contributed by atoms with Gasteiger partial charge in [-0.15, -0.1) is 11.3 Å². The van der Waals surface area contributed by atoms with E-state index in [1.807, 2.05) is 43.0 Å². The Balaban J connectivity index is 1.55. The number of amides is 1. The smallest absolute Gasteiger partial charge is 0.274 e. The van der Waals surface area contributed by atoms with Gasteiger partial charge in [-0.1, -0.05) is 53.6 Å². The minimum absolute atomic E-state index is 0.142. The van der Waals surface area contributed by atoms with E-state index in [-0.39, 0.29) is 11.9 Å². The molecule has 32 heavy (non-hydrogen) atoms. The van der Waals surface area contributed by atoms with Crippen LogP contribution in [0.25, 0.3) is 21.5 Å². The van der Waals surface area contributed by atoms with Gasteiger partial charge in [0.25, 0.3) is 5.91 Å². The fourth-order valence-corrected chi connectivity index (χ4v) is 5.36. The fourth-order valence-electron chi connectivity index (χ4n) is 4.15. The maximum Gasteiger partial charge on any atom is 0.274 e. The lowest BCUT2D eigenvalue weighted by atomic mass is 10.1. The molecule has 1 fully saturated rings. The molecule has 2 aromatic carbocycles. The zero-order valence-corrected chi connectivity index (χ0v) is 19.9. The number of nitrogens with one attached hydrogen (secondary N) is 1. The highest BCUT2D eigenvalue weighted by Gasteiger charge is 2.37. The number of carbonyl (C=O) groups is 1. The Bertz CT molecular complexity index is 1390. The zero-order valence-electron chi connectivity index (χ0n) is 17.6. The molecule has 0 aliphatic carbocycles. The molecular formula is C24H20Cl2N4OS. The van der Waals surface area contributed by atoms with Crippen molar-refractivity contribution in [1.82, 2.24) is 19.9 Å². The van der Waals surface area contributed by atoms with Crippen molar-refractivity contribution >= 4 is 51.5 Å². The van der Waals surface area contributed by atoms with Gasteiger partial charge < -0.3 is 9.88 Å². The first-order valence-electron chi connectivity index (χ1n) is 10.2. The van der Waals surface area contributed by atoms with Crippen molar-refractivity contribution in [3.63, 3.8) is 0 Å². The summed E-state index contributed by atoms with van der Waals surface area (Å²) in [5, 5.41) is 1.72. The zero-order chi connectivity index (χ0) is 22.6. The Morgan fingerprint density at radius 3 is 2.75 bits per heavy atom. The van der Waals surface area contributed by atoms with Crippen LogP contribution in [0.3, 0.4) is 0 Å². The van der Waals surface area contributed by atoms with E-state index in [2.05, 4.69) is 16.5 Å². The summed E-state index contributed by atoms with van der Waals surface area (Å²) < 4.78 is 0. The number of imidazole rings is 1. The molecule has 0 spiro atoms. The summed E-state index contributed by atoms with van der Waals surface area (Å²) in [6.45, 7) is 8.55. The number of halogens is 2. The number of H-pyrrole nitrogens is 1. The second-order valence-corrected chi connectivity index (χ2v) is 10.1. The third-order valence-corrected chi connectivity index (χ3v) is 7.44. The van der Waals surface area contributed by atoms with E-state index in [0.717, 1.165) is 43.4 Å². The molecule has 1 saturated heterocycles. The van der Waals surface area contributed by atoms with Gasteiger partial charge in [-0.05, 0) is 49.6 Å². The van der Waals surface area contributed by atoms with E-state index in [0.29, 0.717) is 28.7 Å². The Labute approximate surface area is 199 Å². The van der Waals surface area contributed by atoms with Gasteiger partial charge in [0.05, 0.1) is 37.0 Å². The fraction of sp³-hybridized carbons (Fsp3) is 0.208. The summed E-state index contributed by atoms with van der Waals surface area (Å²) in [6.07, 6.45) is 0.663. The Hall–Kier alpha value is -2.67. The molecule has 1 aliphatic rings. The molecule has 1 aliphatic heterocycles. The Morgan fingerprint density at radius 2 is 2.00 bits per heavy atom. The van der Waals surface area contributed by atoms with Crippen molar-refractivity contribution in [1.29, 1.82) is 0 Å². The van der Waals surface area contributed by atoms with Crippen LogP contribution in [0.5, 0.6) is 0 Å². The van der Waals surface area contributed by atoms with Crippen LogP contribution in [-0.2, 0) is 0 Å². The van der Waals surface area contributed by atoms with Crippen LogP contribution >= 0.6 is 34.5 Å². The number of hydrogen-bond donors (Lipinski definition) is 1. The molecule has 1 N–H and O–H groups in total. The van der Waals surface area contributed by atoms with Crippen LogP contribution in [0.2, 0.25) is 10.0 Å². The number of nitrogens with zero attached hydrogens (tertiary/aromatic N) is 3. The lowest BCUT2D eigenvalue weighted by molar-refractivity contribution is 0.0728. The van der Waals surface area contributed by atoms with Gasteiger partial charge >= 0.3 is 0 Å². The van der Waals surface area contributed by atoms with Gasteiger partial charge in [0, 0.05) is 6.54 Å². The van der Waals surface area contributed by atoms with E-state index < -0.39 is 0 Å². The summed E-state index contributed by atoms with van der Waals surface area (Å²) >= 11 is 13.8. The molecule has 5 nitrogen and oxygen atoms in total. The number of benzene rings is 2.